The van der Waals surface area contributed by atoms with Gasteiger partial charge in [-0.3, -0.25) is 0 Å². The molecular formula is C13H18NOPS3. The fourth-order valence-electron chi connectivity index (χ4n) is 1.84. The number of rotatable bonds is 3. The van der Waals surface area contributed by atoms with E-state index in [9.17, 15) is 0 Å². The van der Waals surface area contributed by atoms with Crippen molar-refractivity contribution in [3.63, 3.8) is 0 Å². The van der Waals surface area contributed by atoms with Crippen molar-refractivity contribution >= 4 is 51.1 Å². The van der Waals surface area contributed by atoms with Crippen molar-refractivity contribution in [3.8, 4) is 5.75 Å². The molecular weight excluding hydrogens is 313 g/mol. The molecule has 1 aromatic carbocycles. The first-order valence-corrected chi connectivity index (χ1v) is 10.7. The molecule has 1 aromatic rings. The van der Waals surface area contributed by atoms with Crippen LogP contribution < -0.4 is 15.1 Å². The molecule has 6 heteroatoms. The highest BCUT2D eigenvalue weighted by Crippen LogP contribution is 2.66. The molecule has 1 N–H and O–H groups in total. The van der Waals surface area contributed by atoms with Gasteiger partial charge in [0.05, 0.1) is 16.8 Å². The number of thiocarbonyl (C=S) groups is 1. The van der Waals surface area contributed by atoms with Gasteiger partial charge in [0.1, 0.15) is 11.1 Å². The standard InChI is InChI=1S/C13H18NOPS3/c1-9(2)13(3)12(17)14-16(18,19-13)11-7-5-10(15-4)6-8-11/h5-9H,1-4H3,(H,14,17,18). The van der Waals surface area contributed by atoms with Gasteiger partial charge in [0.25, 0.3) is 0 Å². The molecule has 104 valence electrons. The van der Waals surface area contributed by atoms with E-state index in [1.807, 2.05) is 35.6 Å². The van der Waals surface area contributed by atoms with Crippen LogP contribution in [0.3, 0.4) is 0 Å². The molecule has 1 aliphatic rings. The van der Waals surface area contributed by atoms with Crippen LogP contribution in [0, 0.1) is 5.92 Å². The Morgan fingerprint density at radius 3 is 2.32 bits per heavy atom. The van der Waals surface area contributed by atoms with Crippen molar-refractivity contribution in [2.24, 2.45) is 5.92 Å². The Kier molecular flexibility index (Phi) is 4.32. The molecule has 0 spiro atoms. The number of ether oxygens (including phenoxy) is 1. The molecule has 2 nitrogen and oxygen atoms in total. The van der Waals surface area contributed by atoms with E-state index in [2.05, 4.69) is 25.9 Å². The number of nitrogens with one attached hydrogen (secondary N) is 1. The quantitative estimate of drug-likeness (QED) is 0.671. The smallest absolute Gasteiger partial charge is 0.118 e. The van der Waals surface area contributed by atoms with Crippen LogP contribution in [0.5, 0.6) is 5.75 Å². The summed E-state index contributed by atoms with van der Waals surface area (Å²) in [6.45, 7) is 6.58. The first-order valence-electron chi connectivity index (χ1n) is 6.10. The zero-order chi connectivity index (χ0) is 14.3. The predicted molar refractivity (Wildman–Crippen MR) is 93.5 cm³/mol. The highest BCUT2D eigenvalue weighted by Gasteiger charge is 2.47. The maximum Gasteiger partial charge on any atom is 0.118 e. The van der Waals surface area contributed by atoms with Crippen molar-refractivity contribution in [1.29, 1.82) is 0 Å². The number of hydrogen-bond acceptors (Lipinski definition) is 4. The van der Waals surface area contributed by atoms with Crippen LogP contribution in [0.2, 0.25) is 0 Å². The lowest BCUT2D eigenvalue weighted by Crippen LogP contribution is -2.36. The Hall–Kier alpha value is -0.0900. The molecule has 19 heavy (non-hydrogen) atoms. The Morgan fingerprint density at radius 1 is 1.32 bits per heavy atom. The van der Waals surface area contributed by atoms with E-state index >= 15 is 0 Å². The van der Waals surface area contributed by atoms with Crippen molar-refractivity contribution in [2.75, 3.05) is 7.11 Å². The highest BCUT2D eigenvalue weighted by molar-refractivity contribution is 8.74. The molecule has 0 aliphatic carbocycles. The van der Waals surface area contributed by atoms with Gasteiger partial charge in [-0.25, -0.2) is 0 Å². The summed E-state index contributed by atoms with van der Waals surface area (Å²) in [6, 6.07) is 8.02. The fourth-order valence-corrected chi connectivity index (χ4v) is 11.1. The molecule has 2 atom stereocenters. The fraction of sp³-hybridized carbons (Fsp3) is 0.462. The van der Waals surface area contributed by atoms with Crippen molar-refractivity contribution in [2.45, 2.75) is 25.5 Å². The molecule has 1 saturated heterocycles. The molecule has 0 radical (unpaired) electrons. The van der Waals surface area contributed by atoms with Gasteiger partial charge in [0.15, 0.2) is 0 Å². The van der Waals surface area contributed by atoms with Crippen LogP contribution in [0.1, 0.15) is 20.8 Å². The van der Waals surface area contributed by atoms with Crippen LogP contribution in [0.25, 0.3) is 0 Å². The molecule has 0 bridgehead atoms. The van der Waals surface area contributed by atoms with E-state index in [-0.39, 0.29) is 4.75 Å². The average molecular weight is 331 g/mol. The normalized spacial score (nSPS) is 30.5. The minimum Gasteiger partial charge on any atom is -0.497 e. The van der Waals surface area contributed by atoms with Crippen LogP contribution >= 0.6 is 29.0 Å². The van der Waals surface area contributed by atoms with Crippen LogP contribution in [-0.4, -0.2) is 16.8 Å². The summed E-state index contributed by atoms with van der Waals surface area (Å²) in [4.78, 5) is 0.895. The summed E-state index contributed by atoms with van der Waals surface area (Å²) < 4.78 is 5.13. The van der Waals surface area contributed by atoms with Crippen molar-refractivity contribution in [3.05, 3.63) is 24.3 Å². The summed E-state index contributed by atoms with van der Waals surface area (Å²) in [5.41, 5.74) is 0. The minimum absolute atomic E-state index is 0.0647. The number of benzene rings is 1. The van der Waals surface area contributed by atoms with Crippen LogP contribution in [-0.2, 0) is 11.8 Å². The first-order chi connectivity index (χ1) is 8.82. The van der Waals surface area contributed by atoms with E-state index < -0.39 is 5.39 Å². The molecule has 0 saturated carbocycles. The van der Waals surface area contributed by atoms with Gasteiger partial charge in [0.2, 0.25) is 0 Å². The zero-order valence-electron chi connectivity index (χ0n) is 11.5. The van der Waals surface area contributed by atoms with E-state index in [4.69, 9.17) is 28.8 Å². The van der Waals surface area contributed by atoms with Crippen LogP contribution in [0.15, 0.2) is 24.3 Å². The first kappa shape index (κ1) is 15.3. The SMILES string of the molecule is COc1ccc(P2(=S)NC(=S)C(C)(C(C)C)S2)cc1. The summed E-state index contributed by atoms with van der Waals surface area (Å²) >= 11 is 13.3. The van der Waals surface area contributed by atoms with E-state index in [1.54, 1.807) is 7.11 Å². The Labute approximate surface area is 129 Å². The largest absolute Gasteiger partial charge is 0.497 e. The van der Waals surface area contributed by atoms with E-state index in [1.165, 1.54) is 0 Å². The monoisotopic (exact) mass is 331 g/mol. The summed E-state index contributed by atoms with van der Waals surface area (Å²) in [5, 5.41) is 2.71. The Bertz CT molecular complexity index is 543. The van der Waals surface area contributed by atoms with Gasteiger partial charge in [-0.05, 0) is 37.1 Å². The Balaban J connectivity index is 2.35. The maximum atomic E-state index is 5.89. The van der Waals surface area contributed by atoms with E-state index in [0.29, 0.717) is 5.92 Å². The Morgan fingerprint density at radius 2 is 1.89 bits per heavy atom. The second kappa shape index (κ2) is 5.36. The van der Waals surface area contributed by atoms with Gasteiger partial charge >= 0.3 is 0 Å². The summed E-state index contributed by atoms with van der Waals surface area (Å²) in [7, 11) is 1.67. The van der Waals surface area contributed by atoms with Crippen LogP contribution in [0.4, 0.5) is 0 Å². The van der Waals surface area contributed by atoms with Crippen molar-refractivity contribution in [1.82, 2.24) is 5.09 Å². The second-order valence-corrected chi connectivity index (χ2v) is 12.9. The van der Waals surface area contributed by atoms with Gasteiger partial charge in [0, 0.05) is 5.30 Å². The third-order valence-electron chi connectivity index (χ3n) is 3.53. The zero-order valence-corrected chi connectivity index (χ0v) is 14.8. The van der Waals surface area contributed by atoms with Gasteiger partial charge in [-0.1, -0.05) is 49.3 Å². The molecule has 1 aliphatic heterocycles. The lowest BCUT2D eigenvalue weighted by molar-refractivity contribution is 0.415. The molecule has 2 rings (SSSR count). The second-order valence-electron chi connectivity index (χ2n) is 5.04. The minimum atomic E-state index is -1.88. The average Bonchev–Trinajstić information content (AvgIpc) is 2.62. The third-order valence-corrected chi connectivity index (χ3v) is 11.5. The molecule has 0 amide bonds. The molecule has 2 unspecified atom stereocenters. The lowest BCUT2D eigenvalue weighted by Gasteiger charge is -2.26. The van der Waals surface area contributed by atoms with Gasteiger partial charge in [-0.15, -0.1) is 0 Å². The molecule has 1 fully saturated rings. The number of hydrogen-bond donors (Lipinski definition) is 1. The summed E-state index contributed by atoms with van der Waals surface area (Å²) in [6.07, 6.45) is 0. The molecule has 1 heterocycles. The van der Waals surface area contributed by atoms with Crippen molar-refractivity contribution < 1.29 is 4.74 Å². The predicted octanol–water partition coefficient (Wildman–Crippen LogP) is 3.71. The number of methoxy groups -OCH3 is 1. The third kappa shape index (κ3) is 2.71. The molecule has 0 aromatic heterocycles. The lowest BCUT2D eigenvalue weighted by atomic mass is 9.97. The maximum absolute atomic E-state index is 5.89. The van der Waals surface area contributed by atoms with E-state index in [0.717, 1.165) is 16.0 Å². The van der Waals surface area contributed by atoms with Gasteiger partial charge in [-0.2, -0.15) is 0 Å². The topological polar surface area (TPSA) is 21.3 Å². The highest BCUT2D eigenvalue weighted by atomic mass is 32.9. The summed E-state index contributed by atoms with van der Waals surface area (Å²) in [5.74, 6) is 1.31. The van der Waals surface area contributed by atoms with Gasteiger partial charge < -0.3 is 9.82 Å².